The van der Waals surface area contributed by atoms with E-state index in [4.69, 9.17) is 5.64 Å². The molecule has 35 valence electrons. The van der Waals surface area contributed by atoms with Gasteiger partial charge in [0.25, 0.3) is 0 Å². The van der Waals surface area contributed by atoms with Crippen molar-refractivity contribution in [3.63, 3.8) is 0 Å². The lowest BCUT2D eigenvalue weighted by molar-refractivity contribution is 0.878. The molecule has 0 rings (SSSR count). The second-order valence-electron chi connectivity index (χ2n) is 1.38. The van der Waals surface area contributed by atoms with Gasteiger partial charge >= 0.3 is 0 Å². The summed E-state index contributed by atoms with van der Waals surface area (Å²) >= 11 is 0. The average Bonchev–Trinajstić information content (AvgIpc) is 1.61. The van der Waals surface area contributed by atoms with Crippen molar-refractivity contribution in [1.29, 1.82) is 0 Å². The van der Waals surface area contributed by atoms with Crippen LogP contribution >= 0.6 is 0 Å². The fourth-order valence-electron chi connectivity index (χ4n) is 0.322. The van der Waals surface area contributed by atoms with Crippen LogP contribution in [0.5, 0.6) is 0 Å². The Morgan fingerprint density at radius 2 is 2.33 bits per heavy atom. The molecule has 0 atom stereocenters. The summed E-state index contributed by atoms with van der Waals surface area (Å²) < 4.78 is 0. The van der Waals surface area contributed by atoms with Crippen molar-refractivity contribution in [2.45, 2.75) is 26.1 Å². The van der Waals surface area contributed by atoms with E-state index in [9.17, 15) is 0 Å². The SMILES string of the molecule is CCCC[B]N. The number of nitrogens with two attached hydrogens (primary N) is 1. The molecule has 0 aromatic carbocycles. The molecule has 0 fully saturated rings. The molecule has 6 heavy (non-hydrogen) atoms. The zero-order valence-electron chi connectivity index (χ0n) is 4.28. The van der Waals surface area contributed by atoms with Gasteiger partial charge in [0.1, 0.15) is 0 Å². The minimum absolute atomic E-state index is 1.07. The fourth-order valence-corrected chi connectivity index (χ4v) is 0.322. The molecular formula is C4H11BN. The molecule has 0 saturated heterocycles. The molecule has 0 aliphatic carbocycles. The minimum atomic E-state index is 1.07. The summed E-state index contributed by atoms with van der Waals surface area (Å²) in [5.41, 5.74) is 5.09. The van der Waals surface area contributed by atoms with Crippen LogP contribution in [0.25, 0.3) is 0 Å². The van der Waals surface area contributed by atoms with E-state index in [1.54, 1.807) is 7.41 Å². The van der Waals surface area contributed by atoms with Crippen LogP contribution < -0.4 is 5.64 Å². The number of hydrogen-bond acceptors (Lipinski definition) is 1. The first-order chi connectivity index (χ1) is 2.91. The molecule has 0 heterocycles. The first-order valence-electron chi connectivity index (χ1n) is 2.45. The Morgan fingerprint density at radius 1 is 1.67 bits per heavy atom. The fraction of sp³-hybridized carbons (Fsp3) is 1.00. The maximum Gasteiger partial charge on any atom is 0.202 e. The van der Waals surface area contributed by atoms with Crippen molar-refractivity contribution < 1.29 is 0 Å². The Morgan fingerprint density at radius 3 is 2.50 bits per heavy atom. The van der Waals surface area contributed by atoms with Crippen molar-refractivity contribution in [3.8, 4) is 0 Å². The molecule has 2 N–H and O–H groups in total. The molecular weight excluding hydrogens is 72.9 g/mol. The van der Waals surface area contributed by atoms with Gasteiger partial charge in [-0.25, -0.2) is 0 Å². The lowest BCUT2D eigenvalue weighted by Gasteiger charge is -1.84. The predicted molar refractivity (Wildman–Crippen MR) is 29.7 cm³/mol. The van der Waals surface area contributed by atoms with Crippen LogP contribution in [0.15, 0.2) is 0 Å². The predicted octanol–water partition coefficient (Wildman–Crippen LogP) is 0.783. The van der Waals surface area contributed by atoms with Gasteiger partial charge in [-0.15, -0.1) is 0 Å². The van der Waals surface area contributed by atoms with E-state index < -0.39 is 0 Å². The molecule has 1 nitrogen and oxygen atoms in total. The highest BCUT2D eigenvalue weighted by atomic mass is 14.3. The maximum atomic E-state index is 5.09. The molecule has 0 unspecified atom stereocenters. The van der Waals surface area contributed by atoms with Gasteiger partial charge in [-0.3, -0.25) is 0 Å². The van der Waals surface area contributed by atoms with Gasteiger partial charge in [0.2, 0.25) is 7.41 Å². The molecule has 0 aromatic heterocycles. The third-order valence-electron chi connectivity index (χ3n) is 0.724. The van der Waals surface area contributed by atoms with Gasteiger partial charge in [0.05, 0.1) is 0 Å². The lowest BCUT2D eigenvalue weighted by atomic mass is 9.89. The lowest BCUT2D eigenvalue weighted by Crippen LogP contribution is -2.01. The summed E-state index contributed by atoms with van der Waals surface area (Å²) in [6.45, 7) is 2.16. The smallest absolute Gasteiger partial charge is 0.202 e. The van der Waals surface area contributed by atoms with Gasteiger partial charge in [-0.2, -0.15) is 0 Å². The highest BCUT2D eigenvalue weighted by Gasteiger charge is 1.78. The van der Waals surface area contributed by atoms with E-state index in [1.807, 2.05) is 0 Å². The van der Waals surface area contributed by atoms with E-state index in [-0.39, 0.29) is 0 Å². The van der Waals surface area contributed by atoms with Crippen molar-refractivity contribution in [1.82, 2.24) is 0 Å². The van der Waals surface area contributed by atoms with Crippen molar-refractivity contribution in [3.05, 3.63) is 0 Å². The van der Waals surface area contributed by atoms with Crippen LogP contribution in [-0.2, 0) is 0 Å². The third-order valence-corrected chi connectivity index (χ3v) is 0.724. The Labute approximate surface area is 40.2 Å². The molecule has 0 bridgehead atoms. The summed E-state index contributed by atoms with van der Waals surface area (Å²) in [4.78, 5) is 0. The first kappa shape index (κ1) is 6.02. The molecule has 2 heteroatoms. The van der Waals surface area contributed by atoms with Crippen molar-refractivity contribution in [2.24, 2.45) is 5.64 Å². The van der Waals surface area contributed by atoms with E-state index >= 15 is 0 Å². The maximum absolute atomic E-state index is 5.09. The Kier molecular flexibility index (Phi) is 5.05. The van der Waals surface area contributed by atoms with E-state index in [0.29, 0.717) is 0 Å². The molecule has 0 saturated carbocycles. The topological polar surface area (TPSA) is 26.0 Å². The molecule has 0 aromatic rings. The standard InChI is InChI=1S/C4H11BN/c1-2-3-4-5-6/h2-4,6H2,1H3. The van der Waals surface area contributed by atoms with E-state index in [0.717, 1.165) is 6.32 Å². The summed E-state index contributed by atoms with van der Waals surface area (Å²) in [5.74, 6) is 0. The first-order valence-corrected chi connectivity index (χ1v) is 2.45. The molecule has 0 amide bonds. The van der Waals surface area contributed by atoms with Crippen LogP contribution in [0.1, 0.15) is 19.8 Å². The van der Waals surface area contributed by atoms with Gasteiger partial charge in [0.15, 0.2) is 0 Å². The van der Waals surface area contributed by atoms with Gasteiger partial charge in [0, 0.05) is 0 Å². The summed E-state index contributed by atoms with van der Waals surface area (Å²) in [6, 6.07) is 0. The molecule has 0 aliphatic heterocycles. The van der Waals surface area contributed by atoms with Crippen LogP contribution in [0.2, 0.25) is 6.32 Å². The highest BCUT2D eigenvalue weighted by molar-refractivity contribution is 6.30. The Hall–Kier alpha value is 0.0249. The number of hydrogen-bond donors (Lipinski definition) is 1. The largest absolute Gasteiger partial charge is 0.374 e. The van der Waals surface area contributed by atoms with Crippen molar-refractivity contribution in [2.75, 3.05) is 0 Å². The second-order valence-corrected chi connectivity index (χ2v) is 1.38. The summed E-state index contributed by atoms with van der Waals surface area (Å²) in [6.07, 6.45) is 3.54. The molecule has 1 radical (unpaired) electrons. The Balaban J connectivity index is 2.34. The van der Waals surface area contributed by atoms with Crippen LogP contribution in [-0.4, -0.2) is 7.41 Å². The number of unbranched alkanes of at least 4 members (excludes halogenated alkanes) is 1. The summed E-state index contributed by atoms with van der Waals surface area (Å²) in [7, 11) is 1.71. The van der Waals surface area contributed by atoms with Gasteiger partial charge < -0.3 is 5.64 Å². The van der Waals surface area contributed by atoms with E-state index in [1.165, 1.54) is 12.8 Å². The quantitative estimate of drug-likeness (QED) is 0.397. The molecule has 0 aliphatic rings. The molecule has 0 spiro atoms. The van der Waals surface area contributed by atoms with Crippen molar-refractivity contribution >= 4 is 7.41 Å². The van der Waals surface area contributed by atoms with Crippen LogP contribution in [0.4, 0.5) is 0 Å². The Bertz CT molecular complexity index is 19.5. The zero-order chi connectivity index (χ0) is 4.83. The van der Waals surface area contributed by atoms with Gasteiger partial charge in [-0.05, 0) is 0 Å². The zero-order valence-corrected chi connectivity index (χ0v) is 4.28. The minimum Gasteiger partial charge on any atom is -0.374 e. The van der Waals surface area contributed by atoms with Gasteiger partial charge in [-0.1, -0.05) is 26.1 Å². The average molecular weight is 84.0 g/mol. The second kappa shape index (κ2) is 5.02. The monoisotopic (exact) mass is 84.1 g/mol. The van der Waals surface area contributed by atoms with Crippen LogP contribution in [0, 0.1) is 0 Å². The third kappa shape index (κ3) is 4.02. The van der Waals surface area contributed by atoms with Crippen LogP contribution in [0.3, 0.4) is 0 Å². The summed E-state index contributed by atoms with van der Waals surface area (Å²) in [5, 5.41) is 0. The normalized spacial score (nSPS) is 8.33. The number of rotatable bonds is 3. The highest BCUT2D eigenvalue weighted by Crippen LogP contribution is 1.88. The van der Waals surface area contributed by atoms with E-state index in [2.05, 4.69) is 6.92 Å².